The van der Waals surface area contributed by atoms with Crippen LogP contribution in [0.15, 0.2) is 29.3 Å². The molecule has 1 heterocycles. The number of ether oxygens (including phenoxy) is 1. The lowest BCUT2D eigenvalue weighted by Crippen LogP contribution is -2.56. The zero-order chi connectivity index (χ0) is 19.9. The second kappa shape index (κ2) is 11.8. The summed E-state index contributed by atoms with van der Waals surface area (Å²) in [6, 6.07) is 6.65. The van der Waals surface area contributed by atoms with Gasteiger partial charge in [0.05, 0.1) is 13.2 Å². The molecule has 0 aliphatic carbocycles. The van der Waals surface area contributed by atoms with Crippen LogP contribution in [0.1, 0.15) is 25.0 Å². The summed E-state index contributed by atoms with van der Waals surface area (Å²) in [5, 5.41) is 3.24. The summed E-state index contributed by atoms with van der Waals surface area (Å²) in [5.41, 5.74) is 2.18. The number of rotatable bonds is 6. The van der Waals surface area contributed by atoms with Crippen molar-refractivity contribution in [3.05, 3.63) is 35.4 Å². The first-order valence-corrected chi connectivity index (χ1v) is 9.26. The highest BCUT2D eigenvalue weighted by Gasteiger charge is 2.41. The van der Waals surface area contributed by atoms with Crippen molar-refractivity contribution in [2.45, 2.75) is 39.2 Å². The van der Waals surface area contributed by atoms with Gasteiger partial charge in [-0.3, -0.25) is 4.90 Å². The molecule has 2 rings (SSSR count). The van der Waals surface area contributed by atoms with Crippen molar-refractivity contribution >= 4 is 29.9 Å². The van der Waals surface area contributed by atoms with Crippen molar-refractivity contribution in [2.24, 2.45) is 4.99 Å². The quantitative estimate of drug-likeness (QED) is 0.359. The lowest BCUT2D eigenvalue weighted by atomic mass is 10.1. The van der Waals surface area contributed by atoms with Crippen LogP contribution >= 0.6 is 24.0 Å². The van der Waals surface area contributed by atoms with E-state index in [4.69, 9.17) is 4.74 Å². The SMILES string of the molecule is CCNC(=NCc1ccc(COC)cc1)N1CCN(C(C)C(F)(F)F)CC1.I. The summed E-state index contributed by atoms with van der Waals surface area (Å²) in [6.45, 7) is 6.82. The first-order chi connectivity index (χ1) is 12.8. The van der Waals surface area contributed by atoms with Crippen molar-refractivity contribution in [1.82, 2.24) is 15.1 Å². The number of aliphatic imine (C=N–C) groups is 1. The largest absolute Gasteiger partial charge is 0.403 e. The Kier molecular flexibility index (Phi) is 10.5. The van der Waals surface area contributed by atoms with Crippen LogP contribution < -0.4 is 5.32 Å². The standard InChI is InChI=1S/C19H29F3N4O.HI/c1-4-23-18(24-13-16-5-7-17(8-6-16)14-27-3)26-11-9-25(10-12-26)15(2)19(20,21)22;/h5-8,15H,4,9-14H2,1-3H3,(H,23,24);1H. The fraction of sp³-hybridized carbons (Fsp3) is 0.632. The summed E-state index contributed by atoms with van der Waals surface area (Å²) in [4.78, 5) is 8.17. The minimum atomic E-state index is -4.18. The van der Waals surface area contributed by atoms with E-state index in [1.165, 1.54) is 11.8 Å². The normalized spacial score (nSPS) is 17.2. The first-order valence-electron chi connectivity index (χ1n) is 9.26. The molecule has 0 aromatic heterocycles. The number of methoxy groups -OCH3 is 1. The van der Waals surface area contributed by atoms with E-state index in [9.17, 15) is 13.2 Å². The molecule has 1 unspecified atom stereocenters. The van der Waals surface area contributed by atoms with Crippen molar-refractivity contribution < 1.29 is 17.9 Å². The van der Waals surface area contributed by atoms with E-state index in [2.05, 4.69) is 10.3 Å². The van der Waals surface area contributed by atoms with Gasteiger partial charge in [0.1, 0.15) is 6.04 Å². The van der Waals surface area contributed by atoms with Crippen LogP contribution in [-0.4, -0.2) is 67.8 Å². The number of guanidine groups is 1. The molecule has 0 bridgehead atoms. The number of halogens is 4. The van der Waals surface area contributed by atoms with Gasteiger partial charge < -0.3 is 15.0 Å². The van der Waals surface area contributed by atoms with Crippen LogP contribution in [0.3, 0.4) is 0 Å². The topological polar surface area (TPSA) is 40.1 Å². The van der Waals surface area contributed by atoms with Gasteiger partial charge in [0.15, 0.2) is 5.96 Å². The predicted octanol–water partition coefficient (Wildman–Crippen LogP) is 3.48. The van der Waals surface area contributed by atoms with E-state index in [1.807, 2.05) is 36.1 Å². The van der Waals surface area contributed by atoms with E-state index in [0.29, 0.717) is 45.9 Å². The van der Waals surface area contributed by atoms with Gasteiger partial charge in [-0.25, -0.2) is 4.99 Å². The zero-order valence-electron chi connectivity index (χ0n) is 16.6. The third kappa shape index (κ3) is 7.40. The molecule has 1 saturated heterocycles. The first kappa shape index (κ1) is 25.0. The number of nitrogens with one attached hydrogen (secondary N) is 1. The maximum Gasteiger partial charge on any atom is 0.403 e. The van der Waals surface area contributed by atoms with Crippen LogP contribution in [0.2, 0.25) is 0 Å². The Labute approximate surface area is 182 Å². The van der Waals surface area contributed by atoms with E-state index in [-0.39, 0.29) is 24.0 Å². The Bertz CT molecular complexity index is 602. The second-order valence-electron chi connectivity index (χ2n) is 6.66. The van der Waals surface area contributed by atoms with E-state index < -0.39 is 12.2 Å². The molecule has 1 aromatic carbocycles. The number of hydrogen-bond donors (Lipinski definition) is 1. The third-order valence-corrected chi connectivity index (χ3v) is 4.72. The number of benzene rings is 1. The smallest absolute Gasteiger partial charge is 0.380 e. The molecule has 28 heavy (non-hydrogen) atoms. The van der Waals surface area contributed by atoms with Crippen LogP contribution in [0, 0.1) is 0 Å². The number of nitrogens with zero attached hydrogens (tertiary/aromatic N) is 3. The van der Waals surface area contributed by atoms with Gasteiger partial charge in [0.2, 0.25) is 0 Å². The Morgan fingerprint density at radius 2 is 1.71 bits per heavy atom. The van der Waals surface area contributed by atoms with Crippen LogP contribution in [0.5, 0.6) is 0 Å². The summed E-state index contributed by atoms with van der Waals surface area (Å²) in [6.07, 6.45) is -4.18. The molecular weight excluding hydrogens is 484 g/mol. The van der Waals surface area contributed by atoms with Gasteiger partial charge in [-0.15, -0.1) is 24.0 Å². The summed E-state index contributed by atoms with van der Waals surface area (Å²) >= 11 is 0. The molecule has 1 N–H and O–H groups in total. The third-order valence-electron chi connectivity index (χ3n) is 4.72. The maximum atomic E-state index is 12.9. The molecule has 5 nitrogen and oxygen atoms in total. The molecule has 160 valence electrons. The van der Waals surface area contributed by atoms with Crippen molar-refractivity contribution in [2.75, 3.05) is 39.8 Å². The highest BCUT2D eigenvalue weighted by atomic mass is 127. The molecule has 0 radical (unpaired) electrons. The monoisotopic (exact) mass is 514 g/mol. The van der Waals surface area contributed by atoms with Crippen molar-refractivity contribution in [3.8, 4) is 0 Å². The molecule has 1 atom stereocenters. The van der Waals surface area contributed by atoms with Crippen LogP contribution in [-0.2, 0) is 17.9 Å². The van der Waals surface area contributed by atoms with E-state index in [1.54, 1.807) is 7.11 Å². The molecule has 0 amide bonds. The summed E-state index contributed by atoms with van der Waals surface area (Å²) in [7, 11) is 1.66. The summed E-state index contributed by atoms with van der Waals surface area (Å²) < 4.78 is 43.8. The molecule has 1 fully saturated rings. The molecule has 1 aliphatic heterocycles. The van der Waals surface area contributed by atoms with Gasteiger partial charge in [0, 0.05) is 39.8 Å². The molecular formula is C19H30F3IN4O. The van der Waals surface area contributed by atoms with Crippen LogP contribution in [0.25, 0.3) is 0 Å². The van der Waals surface area contributed by atoms with E-state index >= 15 is 0 Å². The van der Waals surface area contributed by atoms with Gasteiger partial charge in [-0.1, -0.05) is 24.3 Å². The average Bonchev–Trinajstić information content (AvgIpc) is 2.65. The maximum absolute atomic E-state index is 12.9. The zero-order valence-corrected chi connectivity index (χ0v) is 19.0. The van der Waals surface area contributed by atoms with Gasteiger partial charge >= 0.3 is 6.18 Å². The average molecular weight is 514 g/mol. The Morgan fingerprint density at radius 3 is 2.21 bits per heavy atom. The fourth-order valence-corrected chi connectivity index (χ4v) is 3.03. The number of alkyl halides is 3. The van der Waals surface area contributed by atoms with E-state index in [0.717, 1.165) is 17.1 Å². The highest BCUT2D eigenvalue weighted by Crippen LogP contribution is 2.25. The Hall–Kier alpha value is -1.07. The van der Waals surface area contributed by atoms with Gasteiger partial charge in [0.25, 0.3) is 0 Å². The van der Waals surface area contributed by atoms with Gasteiger partial charge in [-0.05, 0) is 25.0 Å². The Balaban J connectivity index is 0.00000392. The number of hydrogen-bond acceptors (Lipinski definition) is 3. The predicted molar refractivity (Wildman–Crippen MR) is 116 cm³/mol. The molecule has 0 saturated carbocycles. The molecule has 1 aliphatic rings. The second-order valence-corrected chi connectivity index (χ2v) is 6.66. The molecule has 0 spiro atoms. The van der Waals surface area contributed by atoms with Crippen LogP contribution in [0.4, 0.5) is 13.2 Å². The minimum Gasteiger partial charge on any atom is -0.380 e. The van der Waals surface area contributed by atoms with Crippen molar-refractivity contribution in [3.63, 3.8) is 0 Å². The highest BCUT2D eigenvalue weighted by molar-refractivity contribution is 14.0. The summed E-state index contributed by atoms with van der Waals surface area (Å²) in [5.74, 6) is 0.748. The minimum absolute atomic E-state index is 0. The molecule has 9 heteroatoms. The molecule has 1 aromatic rings. The van der Waals surface area contributed by atoms with Crippen molar-refractivity contribution in [1.29, 1.82) is 0 Å². The van der Waals surface area contributed by atoms with Gasteiger partial charge in [-0.2, -0.15) is 13.2 Å². The number of piperazine rings is 1. The lowest BCUT2D eigenvalue weighted by Gasteiger charge is -2.39. The Morgan fingerprint density at radius 1 is 1.14 bits per heavy atom. The lowest BCUT2D eigenvalue weighted by molar-refractivity contribution is -0.181. The fourth-order valence-electron chi connectivity index (χ4n) is 3.03.